The van der Waals surface area contributed by atoms with Gasteiger partial charge in [-0.15, -0.1) is 0 Å². The van der Waals surface area contributed by atoms with Crippen molar-refractivity contribution >= 4 is 23.2 Å². The Morgan fingerprint density at radius 1 is 0.955 bits per heavy atom. The molecule has 0 spiro atoms. The first-order valence-electron chi connectivity index (χ1n) is 6.97. The number of rotatable bonds is 4. The van der Waals surface area contributed by atoms with Crippen molar-refractivity contribution in [3.63, 3.8) is 0 Å². The van der Waals surface area contributed by atoms with E-state index in [9.17, 15) is 14.7 Å². The predicted octanol–water partition coefficient (Wildman–Crippen LogP) is 3.24. The summed E-state index contributed by atoms with van der Waals surface area (Å²) in [5, 5.41) is 14.8. The maximum atomic E-state index is 12.2. The third kappa shape index (κ3) is 4.09. The quantitative estimate of drug-likeness (QED) is 0.810. The first kappa shape index (κ1) is 15.6. The molecule has 0 aliphatic carbocycles. The van der Waals surface area contributed by atoms with Gasteiger partial charge in [-0.25, -0.2) is 0 Å². The molecule has 0 bridgehead atoms. The highest BCUT2D eigenvalue weighted by Gasteiger charge is 2.10. The Hall–Kier alpha value is -2.82. The Kier molecular flexibility index (Phi) is 4.78. The number of phenolic OH excluding ortho intramolecular Hbond substituents is 1. The monoisotopic (exact) mass is 298 g/mol. The molecule has 2 aromatic rings. The lowest BCUT2D eigenvalue weighted by Gasteiger charge is -2.10. The number of hydrogen-bond donors (Lipinski definition) is 3. The average Bonchev–Trinajstić information content (AvgIpc) is 2.47. The Bertz CT molecular complexity index is 696. The highest BCUT2D eigenvalue weighted by atomic mass is 16.3. The van der Waals surface area contributed by atoms with Gasteiger partial charge in [-0.2, -0.15) is 0 Å². The molecule has 2 rings (SSSR count). The van der Waals surface area contributed by atoms with Gasteiger partial charge in [0.2, 0.25) is 5.91 Å². The molecule has 0 unspecified atom stereocenters. The Labute approximate surface area is 129 Å². The number of benzene rings is 2. The molecule has 0 radical (unpaired) electrons. The van der Waals surface area contributed by atoms with E-state index in [2.05, 4.69) is 10.6 Å². The van der Waals surface area contributed by atoms with Crippen LogP contribution in [0.3, 0.4) is 0 Å². The number of nitrogens with one attached hydrogen (secondary N) is 2. The maximum absolute atomic E-state index is 12.2. The normalized spacial score (nSPS) is 10.3. The lowest BCUT2D eigenvalue weighted by atomic mass is 10.1. The van der Waals surface area contributed by atoms with Crippen molar-refractivity contribution in [2.24, 2.45) is 5.92 Å². The summed E-state index contributed by atoms with van der Waals surface area (Å²) in [5.74, 6) is -0.475. The van der Waals surface area contributed by atoms with Crippen LogP contribution in [-0.2, 0) is 4.79 Å². The van der Waals surface area contributed by atoms with E-state index in [0.717, 1.165) is 0 Å². The second-order valence-electron chi connectivity index (χ2n) is 5.23. The highest BCUT2D eigenvalue weighted by molar-refractivity contribution is 6.05. The van der Waals surface area contributed by atoms with Crippen LogP contribution in [0.5, 0.6) is 5.75 Å². The number of carbonyl (C=O) groups is 2. The Balaban J connectivity index is 2.11. The molecule has 3 N–H and O–H groups in total. The van der Waals surface area contributed by atoms with Crippen molar-refractivity contribution in [2.75, 3.05) is 10.6 Å². The van der Waals surface area contributed by atoms with Gasteiger partial charge in [-0.05, 0) is 30.3 Å². The summed E-state index contributed by atoms with van der Waals surface area (Å²) in [5.41, 5.74) is 1.49. The molecular formula is C17H18N2O3. The van der Waals surface area contributed by atoms with Gasteiger partial charge < -0.3 is 15.7 Å². The van der Waals surface area contributed by atoms with Gasteiger partial charge in [-0.3, -0.25) is 9.59 Å². The summed E-state index contributed by atoms with van der Waals surface area (Å²) in [6.45, 7) is 3.60. The van der Waals surface area contributed by atoms with Crippen LogP contribution in [0, 0.1) is 5.92 Å². The summed E-state index contributed by atoms with van der Waals surface area (Å²) >= 11 is 0. The van der Waals surface area contributed by atoms with Crippen molar-refractivity contribution < 1.29 is 14.7 Å². The maximum Gasteiger partial charge on any atom is 0.255 e. The molecule has 114 valence electrons. The summed E-state index contributed by atoms with van der Waals surface area (Å²) in [7, 11) is 0. The van der Waals surface area contributed by atoms with Gasteiger partial charge in [0.25, 0.3) is 5.91 Å². The van der Waals surface area contributed by atoms with Crippen molar-refractivity contribution in [1.29, 1.82) is 0 Å². The number of phenols is 1. The van der Waals surface area contributed by atoms with E-state index < -0.39 is 0 Å². The van der Waals surface area contributed by atoms with E-state index in [-0.39, 0.29) is 23.5 Å². The summed E-state index contributed by atoms with van der Waals surface area (Å²) in [4.78, 5) is 23.9. The zero-order valence-electron chi connectivity index (χ0n) is 12.5. The highest BCUT2D eigenvalue weighted by Crippen LogP contribution is 2.17. The molecule has 0 saturated carbocycles. The van der Waals surface area contributed by atoms with Crippen molar-refractivity contribution in [3.8, 4) is 5.75 Å². The lowest BCUT2D eigenvalue weighted by molar-refractivity contribution is -0.118. The van der Waals surface area contributed by atoms with E-state index in [4.69, 9.17) is 0 Å². The first-order chi connectivity index (χ1) is 10.5. The van der Waals surface area contributed by atoms with Gasteiger partial charge in [0.1, 0.15) is 5.75 Å². The first-order valence-corrected chi connectivity index (χ1v) is 6.97. The minimum absolute atomic E-state index is 0.0794. The van der Waals surface area contributed by atoms with Crippen molar-refractivity contribution in [2.45, 2.75) is 13.8 Å². The predicted molar refractivity (Wildman–Crippen MR) is 86.0 cm³/mol. The second kappa shape index (κ2) is 6.76. The SMILES string of the molecule is CC(C)C(=O)Nc1cccc(C(=O)Nc2cccc(O)c2)c1. The molecule has 22 heavy (non-hydrogen) atoms. The van der Waals surface area contributed by atoms with Crippen LogP contribution >= 0.6 is 0 Å². The van der Waals surface area contributed by atoms with Crippen LogP contribution in [0.1, 0.15) is 24.2 Å². The molecule has 2 amide bonds. The lowest BCUT2D eigenvalue weighted by Crippen LogP contribution is -2.18. The van der Waals surface area contributed by atoms with Crippen LogP contribution in [-0.4, -0.2) is 16.9 Å². The van der Waals surface area contributed by atoms with E-state index >= 15 is 0 Å². The second-order valence-corrected chi connectivity index (χ2v) is 5.23. The standard InChI is InChI=1S/C17H18N2O3/c1-11(2)16(21)18-13-6-3-5-12(9-13)17(22)19-14-7-4-8-15(20)10-14/h3-11,20H,1-2H3,(H,18,21)(H,19,22). The molecule has 0 heterocycles. The molecule has 2 aromatic carbocycles. The third-order valence-corrected chi connectivity index (χ3v) is 3.02. The fourth-order valence-corrected chi connectivity index (χ4v) is 1.81. The van der Waals surface area contributed by atoms with Crippen molar-refractivity contribution in [1.82, 2.24) is 0 Å². The van der Waals surface area contributed by atoms with Gasteiger partial charge in [0.15, 0.2) is 0 Å². The molecular weight excluding hydrogens is 280 g/mol. The van der Waals surface area contributed by atoms with E-state index in [1.165, 1.54) is 12.1 Å². The van der Waals surface area contributed by atoms with E-state index in [0.29, 0.717) is 16.9 Å². The molecule has 0 aliphatic rings. The smallest absolute Gasteiger partial charge is 0.255 e. The number of hydrogen-bond acceptors (Lipinski definition) is 3. The molecule has 0 aliphatic heterocycles. The summed E-state index contributed by atoms with van der Waals surface area (Å²) < 4.78 is 0. The molecule has 5 nitrogen and oxygen atoms in total. The molecule has 0 fully saturated rings. The van der Waals surface area contributed by atoms with Crippen molar-refractivity contribution in [3.05, 3.63) is 54.1 Å². The fourth-order valence-electron chi connectivity index (χ4n) is 1.81. The van der Waals surface area contributed by atoms with E-state index in [1.54, 1.807) is 50.2 Å². The van der Waals surface area contributed by atoms with Gasteiger partial charge in [-0.1, -0.05) is 26.0 Å². The largest absolute Gasteiger partial charge is 0.508 e. The third-order valence-electron chi connectivity index (χ3n) is 3.02. The zero-order chi connectivity index (χ0) is 16.1. The van der Waals surface area contributed by atoms with Crippen LogP contribution in [0.4, 0.5) is 11.4 Å². The van der Waals surface area contributed by atoms with E-state index in [1.807, 2.05) is 0 Å². The minimum Gasteiger partial charge on any atom is -0.508 e. The molecule has 0 saturated heterocycles. The summed E-state index contributed by atoms with van der Waals surface area (Å²) in [6, 6.07) is 13.0. The van der Waals surface area contributed by atoms with Crippen LogP contribution < -0.4 is 10.6 Å². The number of carbonyl (C=O) groups excluding carboxylic acids is 2. The topological polar surface area (TPSA) is 78.4 Å². The zero-order valence-corrected chi connectivity index (χ0v) is 12.5. The Morgan fingerprint density at radius 3 is 2.23 bits per heavy atom. The minimum atomic E-state index is -0.314. The van der Waals surface area contributed by atoms with Gasteiger partial charge in [0, 0.05) is 28.9 Å². The van der Waals surface area contributed by atoms with Gasteiger partial charge in [0.05, 0.1) is 0 Å². The van der Waals surface area contributed by atoms with Crippen LogP contribution in [0.15, 0.2) is 48.5 Å². The molecule has 5 heteroatoms. The Morgan fingerprint density at radius 2 is 1.59 bits per heavy atom. The van der Waals surface area contributed by atoms with Crippen LogP contribution in [0.25, 0.3) is 0 Å². The summed E-state index contributed by atoms with van der Waals surface area (Å²) in [6.07, 6.45) is 0. The van der Waals surface area contributed by atoms with Gasteiger partial charge >= 0.3 is 0 Å². The molecule has 0 aromatic heterocycles. The fraction of sp³-hybridized carbons (Fsp3) is 0.176. The number of anilines is 2. The van der Waals surface area contributed by atoms with Crippen LogP contribution in [0.2, 0.25) is 0 Å². The number of amides is 2. The number of aromatic hydroxyl groups is 1. The average molecular weight is 298 g/mol. The molecule has 0 atom stereocenters.